The molecule has 0 aliphatic carbocycles. The first-order valence-corrected chi connectivity index (χ1v) is 12.6. The van der Waals surface area contributed by atoms with Crippen molar-refractivity contribution in [3.8, 4) is 0 Å². The summed E-state index contributed by atoms with van der Waals surface area (Å²) in [4.78, 5) is 31.8. The molecule has 1 aromatic heterocycles. The third kappa shape index (κ3) is 6.47. The lowest BCUT2D eigenvalue weighted by Gasteiger charge is -2.24. The molecule has 12 heteroatoms. The highest BCUT2D eigenvalue weighted by molar-refractivity contribution is 7.92. The fourth-order valence-electron chi connectivity index (χ4n) is 3.19. The molecule has 3 rings (SSSR count). The molecule has 0 saturated carbocycles. The number of hydrogen-bond donors (Lipinski definition) is 0. The molecule has 0 aliphatic heterocycles. The van der Waals surface area contributed by atoms with Gasteiger partial charge in [-0.05, 0) is 31.3 Å². The molecule has 0 spiro atoms. The molecule has 0 atom stereocenters. The van der Waals surface area contributed by atoms with Crippen LogP contribution in [0.15, 0.2) is 53.4 Å². The average molecular weight is 513 g/mol. The second-order valence-corrected chi connectivity index (χ2v) is 10.0. The largest absolute Gasteiger partial charge is 0.302 e. The minimum Gasteiger partial charge on any atom is -0.302 e. The normalized spacial score (nSPS) is 11.4. The van der Waals surface area contributed by atoms with Crippen LogP contribution < -0.4 is 4.90 Å². The van der Waals surface area contributed by atoms with Gasteiger partial charge in [-0.15, -0.1) is 12.4 Å². The molecule has 0 fully saturated rings. The van der Waals surface area contributed by atoms with Crippen molar-refractivity contribution in [2.45, 2.75) is 18.7 Å². The summed E-state index contributed by atoms with van der Waals surface area (Å²) in [5.74, 6) is -1.28. The first-order chi connectivity index (χ1) is 15.2. The van der Waals surface area contributed by atoms with E-state index in [0.717, 1.165) is 24.4 Å². The summed E-state index contributed by atoms with van der Waals surface area (Å²) >= 11 is 1.13. The number of nitro groups is 1. The summed E-state index contributed by atoms with van der Waals surface area (Å²) in [6.07, 6.45) is 0. The van der Waals surface area contributed by atoms with E-state index >= 15 is 0 Å². The Kier molecular flexibility index (Phi) is 9.29. The van der Waals surface area contributed by atoms with Crippen molar-refractivity contribution < 1.29 is 18.1 Å². The number of fused-ring (bicyclic) bond motifs is 1. The fourth-order valence-corrected chi connectivity index (χ4v) is 5.45. The van der Waals surface area contributed by atoms with Crippen LogP contribution in [0.1, 0.15) is 13.8 Å². The lowest BCUT2D eigenvalue weighted by molar-refractivity contribution is -0.384. The van der Waals surface area contributed by atoms with E-state index < -0.39 is 26.4 Å². The summed E-state index contributed by atoms with van der Waals surface area (Å²) in [6.45, 7) is 6.38. The van der Waals surface area contributed by atoms with Gasteiger partial charge in [-0.25, -0.2) is 13.4 Å². The number of benzene rings is 2. The van der Waals surface area contributed by atoms with Gasteiger partial charge in [-0.2, -0.15) is 0 Å². The maximum atomic E-state index is 13.2. The van der Waals surface area contributed by atoms with E-state index in [4.69, 9.17) is 0 Å². The first kappa shape index (κ1) is 26.7. The van der Waals surface area contributed by atoms with Crippen molar-refractivity contribution in [3.63, 3.8) is 0 Å². The standard InChI is InChI=1S/C21H24N4O5S2.ClH/c1-3-23(4-2)12-13-24(20(26)15-32(29,30)17-8-6-5-7-9-17)21-22-18-11-10-16(25(27)28)14-19(18)31-21;/h5-11,14H,3-4,12-13,15H2,1-2H3;1H. The third-order valence-electron chi connectivity index (χ3n) is 5.05. The number of halogens is 1. The highest BCUT2D eigenvalue weighted by atomic mass is 35.5. The number of aromatic nitrogens is 1. The van der Waals surface area contributed by atoms with E-state index in [1.165, 1.54) is 35.2 Å². The number of carbonyl (C=O) groups is 1. The number of carbonyl (C=O) groups excluding carboxylic acids is 1. The van der Waals surface area contributed by atoms with Crippen LogP contribution in [0.25, 0.3) is 10.2 Å². The molecule has 3 aromatic rings. The van der Waals surface area contributed by atoms with Crippen LogP contribution in [-0.2, 0) is 14.6 Å². The van der Waals surface area contributed by atoms with Gasteiger partial charge in [0.2, 0.25) is 5.91 Å². The molecule has 1 amide bonds. The Balaban J connectivity index is 0.00000385. The SMILES string of the molecule is CCN(CC)CCN(C(=O)CS(=O)(=O)c1ccccc1)c1nc2ccc([N+](=O)[O-])cc2s1.Cl. The summed E-state index contributed by atoms with van der Waals surface area (Å²) in [5.41, 5.74) is 0.447. The van der Waals surface area contributed by atoms with E-state index in [9.17, 15) is 23.3 Å². The summed E-state index contributed by atoms with van der Waals surface area (Å²) in [6, 6.07) is 12.1. The van der Waals surface area contributed by atoms with Crippen LogP contribution in [0.2, 0.25) is 0 Å². The number of amides is 1. The summed E-state index contributed by atoms with van der Waals surface area (Å²) < 4.78 is 26.1. The van der Waals surface area contributed by atoms with Crippen LogP contribution in [0, 0.1) is 10.1 Å². The second-order valence-electron chi connectivity index (χ2n) is 7.05. The molecule has 9 nitrogen and oxygen atoms in total. The molecular weight excluding hydrogens is 488 g/mol. The Morgan fingerprint density at radius 1 is 1.09 bits per heavy atom. The van der Waals surface area contributed by atoms with Crippen molar-refractivity contribution in [1.82, 2.24) is 9.88 Å². The Morgan fingerprint density at radius 3 is 2.36 bits per heavy atom. The van der Waals surface area contributed by atoms with Gasteiger partial charge in [-0.3, -0.25) is 19.8 Å². The predicted molar refractivity (Wildman–Crippen MR) is 132 cm³/mol. The topological polar surface area (TPSA) is 114 Å². The van der Waals surface area contributed by atoms with Gasteiger partial charge in [0.05, 0.1) is 20.0 Å². The molecular formula is C21H25ClN4O5S2. The molecule has 0 unspecified atom stereocenters. The highest BCUT2D eigenvalue weighted by Crippen LogP contribution is 2.31. The zero-order valence-electron chi connectivity index (χ0n) is 18.2. The van der Waals surface area contributed by atoms with Crippen molar-refractivity contribution in [2.75, 3.05) is 36.8 Å². The number of non-ortho nitro benzene ring substituents is 1. The first-order valence-electron chi connectivity index (χ1n) is 10.1. The number of nitro benzene ring substituents is 1. The van der Waals surface area contributed by atoms with Crippen LogP contribution in [0.3, 0.4) is 0 Å². The quantitative estimate of drug-likeness (QED) is 0.300. The molecule has 178 valence electrons. The van der Waals surface area contributed by atoms with Crippen LogP contribution in [-0.4, -0.2) is 61.1 Å². The molecule has 2 aromatic carbocycles. The molecule has 0 bridgehead atoms. The summed E-state index contributed by atoms with van der Waals surface area (Å²) in [5, 5.41) is 11.4. The number of likely N-dealkylation sites (N-methyl/N-ethyl adjacent to an activating group) is 1. The number of anilines is 1. The lowest BCUT2D eigenvalue weighted by atomic mass is 10.3. The van der Waals surface area contributed by atoms with Gasteiger partial charge >= 0.3 is 0 Å². The monoisotopic (exact) mass is 512 g/mol. The zero-order chi connectivity index (χ0) is 23.3. The average Bonchev–Trinajstić information content (AvgIpc) is 3.19. The number of nitrogens with zero attached hydrogens (tertiary/aromatic N) is 4. The van der Waals surface area contributed by atoms with E-state index in [0.29, 0.717) is 21.9 Å². The maximum absolute atomic E-state index is 13.2. The van der Waals surface area contributed by atoms with E-state index in [1.54, 1.807) is 18.2 Å². The summed E-state index contributed by atoms with van der Waals surface area (Å²) in [7, 11) is -3.83. The lowest BCUT2D eigenvalue weighted by Crippen LogP contribution is -2.41. The maximum Gasteiger partial charge on any atom is 0.270 e. The smallest absolute Gasteiger partial charge is 0.270 e. The number of hydrogen-bond acceptors (Lipinski definition) is 8. The highest BCUT2D eigenvalue weighted by Gasteiger charge is 2.27. The van der Waals surface area contributed by atoms with Gasteiger partial charge in [-0.1, -0.05) is 43.4 Å². The molecule has 0 N–H and O–H groups in total. The Hall–Kier alpha value is -2.60. The van der Waals surface area contributed by atoms with Gasteiger partial charge < -0.3 is 4.90 Å². The van der Waals surface area contributed by atoms with Crippen molar-refractivity contribution in [1.29, 1.82) is 0 Å². The van der Waals surface area contributed by atoms with E-state index in [2.05, 4.69) is 9.88 Å². The number of sulfone groups is 1. The molecule has 33 heavy (non-hydrogen) atoms. The number of rotatable bonds is 10. The van der Waals surface area contributed by atoms with Gasteiger partial charge in [0.25, 0.3) is 5.69 Å². The second kappa shape index (κ2) is 11.5. The Bertz CT molecular complexity index is 1210. The van der Waals surface area contributed by atoms with Crippen molar-refractivity contribution in [3.05, 3.63) is 58.6 Å². The van der Waals surface area contributed by atoms with E-state index in [1.807, 2.05) is 13.8 Å². The van der Waals surface area contributed by atoms with Crippen LogP contribution in [0.4, 0.5) is 10.8 Å². The molecule has 0 aliphatic rings. The molecule has 1 heterocycles. The zero-order valence-corrected chi connectivity index (χ0v) is 20.7. The van der Waals surface area contributed by atoms with Crippen LogP contribution >= 0.6 is 23.7 Å². The molecule has 0 saturated heterocycles. The van der Waals surface area contributed by atoms with Crippen LogP contribution in [0.5, 0.6) is 0 Å². The predicted octanol–water partition coefficient (Wildman–Crippen LogP) is 3.78. The third-order valence-corrected chi connectivity index (χ3v) is 7.71. The van der Waals surface area contributed by atoms with Crippen molar-refractivity contribution in [2.24, 2.45) is 0 Å². The Labute approximate surface area is 202 Å². The van der Waals surface area contributed by atoms with Gasteiger partial charge in [0, 0.05) is 25.2 Å². The molecule has 0 radical (unpaired) electrons. The van der Waals surface area contributed by atoms with Crippen molar-refractivity contribution >= 4 is 60.5 Å². The minimum atomic E-state index is -3.83. The van der Waals surface area contributed by atoms with Gasteiger partial charge in [0.15, 0.2) is 15.0 Å². The van der Waals surface area contributed by atoms with Gasteiger partial charge in [0.1, 0.15) is 5.75 Å². The van der Waals surface area contributed by atoms with E-state index in [-0.39, 0.29) is 29.5 Å². The fraction of sp³-hybridized carbons (Fsp3) is 0.333. The Morgan fingerprint density at radius 2 is 1.76 bits per heavy atom. The minimum absolute atomic E-state index is 0. The number of thiazole rings is 1.